The Morgan fingerprint density at radius 2 is 0.470 bits per heavy atom. The van der Waals surface area contributed by atoms with Gasteiger partial charge in [0.15, 0.2) is 6.10 Å². The Morgan fingerprint density at radius 3 is 0.759 bits per heavy atom. The summed E-state index contributed by atoms with van der Waals surface area (Å²) in [6.07, 6.45) is 98.9. The van der Waals surface area contributed by atoms with Crippen LogP contribution in [0.15, 0.2) is 134 Å². The molecule has 0 fully saturated rings. The van der Waals surface area contributed by atoms with Gasteiger partial charge in [-0.05, 0) is 141 Å². The van der Waals surface area contributed by atoms with Crippen molar-refractivity contribution in [2.45, 2.75) is 322 Å². The maximum atomic E-state index is 12.9. The van der Waals surface area contributed by atoms with E-state index in [1.807, 2.05) is 0 Å². The van der Waals surface area contributed by atoms with Crippen LogP contribution in [0.5, 0.6) is 0 Å². The summed E-state index contributed by atoms with van der Waals surface area (Å²) in [6, 6.07) is 0. The number of rotatable bonds is 62. The van der Waals surface area contributed by atoms with E-state index >= 15 is 0 Å². The smallest absolute Gasteiger partial charge is 0.306 e. The zero-order valence-corrected chi connectivity index (χ0v) is 54.2. The second-order valence-electron chi connectivity index (χ2n) is 22.7. The average molecular weight is 1150 g/mol. The van der Waals surface area contributed by atoms with Gasteiger partial charge in [-0.3, -0.25) is 14.4 Å². The highest BCUT2D eigenvalue weighted by Gasteiger charge is 2.19. The Balaban J connectivity index is 4.34. The number of esters is 3. The Morgan fingerprint density at radius 1 is 0.253 bits per heavy atom. The van der Waals surface area contributed by atoms with E-state index in [-0.39, 0.29) is 31.1 Å². The van der Waals surface area contributed by atoms with Gasteiger partial charge in [0.2, 0.25) is 0 Å². The van der Waals surface area contributed by atoms with Crippen molar-refractivity contribution >= 4 is 17.9 Å². The third-order valence-corrected chi connectivity index (χ3v) is 14.6. The molecule has 6 nitrogen and oxygen atoms in total. The molecule has 0 saturated heterocycles. The van der Waals surface area contributed by atoms with Gasteiger partial charge in [0, 0.05) is 19.3 Å². The van der Waals surface area contributed by atoms with E-state index in [1.165, 1.54) is 135 Å². The summed E-state index contributed by atoms with van der Waals surface area (Å²) in [6.45, 7) is 6.50. The lowest BCUT2D eigenvalue weighted by Gasteiger charge is -2.18. The van der Waals surface area contributed by atoms with Crippen LogP contribution in [-0.2, 0) is 28.6 Å². The number of allylic oxidation sites excluding steroid dienone is 22. The minimum Gasteiger partial charge on any atom is -0.462 e. The van der Waals surface area contributed by atoms with Crippen LogP contribution in [0.3, 0.4) is 0 Å². The van der Waals surface area contributed by atoms with Gasteiger partial charge in [0.05, 0.1) is 0 Å². The van der Waals surface area contributed by atoms with Gasteiger partial charge >= 0.3 is 17.9 Å². The second kappa shape index (κ2) is 70.0. The van der Waals surface area contributed by atoms with Crippen molar-refractivity contribution in [3.63, 3.8) is 0 Å². The molecule has 0 saturated carbocycles. The van der Waals surface area contributed by atoms with Crippen molar-refractivity contribution in [1.82, 2.24) is 0 Å². The van der Waals surface area contributed by atoms with Crippen LogP contribution in [0.4, 0.5) is 0 Å². The van der Waals surface area contributed by atoms with Crippen LogP contribution in [0.2, 0.25) is 0 Å². The first-order valence-electron chi connectivity index (χ1n) is 34.7. The van der Waals surface area contributed by atoms with Crippen molar-refractivity contribution in [3.8, 4) is 0 Å². The summed E-state index contributed by atoms with van der Waals surface area (Å²) in [5, 5.41) is 0. The molecule has 0 aromatic rings. The molecule has 0 rings (SSSR count). The monoisotopic (exact) mass is 1150 g/mol. The average Bonchev–Trinajstić information content (AvgIpc) is 3.49. The number of carbonyl (C=O) groups excluding carboxylic acids is 3. The largest absolute Gasteiger partial charge is 0.462 e. The summed E-state index contributed by atoms with van der Waals surface area (Å²) in [5.74, 6) is -0.914. The highest BCUT2D eigenvalue weighted by atomic mass is 16.6. The van der Waals surface area contributed by atoms with Gasteiger partial charge in [-0.25, -0.2) is 0 Å². The first-order chi connectivity index (χ1) is 41.0. The number of ether oxygens (including phenoxy) is 3. The fourth-order valence-corrected chi connectivity index (χ4v) is 9.43. The highest BCUT2D eigenvalue weighted by molar-refractivity contribution is 5.71. The summed E-state index contributed by atoms with van der Waals surface area (Å²) in [4.78, 5) is 38.4. The van der Waals surface area contributed by atoms with E-state index in [0.29, 0.717) is 19.3 Å². The molecular weight excluding hydrogens is 1020 g/mol. The Hall–Kier alpha value is -4.45. The number of carbonyl (C=O) groups is 3. The third-order valence-electron chi connectivity index (χ3n) is 14.6. The first kappa shape index (κ1) is 78.5. The summed E-state index contributed by atoms with van der Waals surface area (Å²) in [7, 11) is 0. The van der Waals surface area contributed by atoms with E-state index in [2.05, 4.69) is 154 Å². The quantitative estimate of drug-likeness (QED) is 0.0261. The topological polar surface area (TPSA) is 78.9 Å². The van der Waals surface area contributed by atoms with Gasteiger partial charge in [0.1, 0.15) is 13.2 Å². The molecule has 0 aromatic carbocycles. The van der Waals surface area contributed by atoms with E-state index in [0.717, 1.165) is 141 Å². The van der Waals surface area contributed by atoms with Gasteiger partial charge < -0.3 is 14.2 Å². The summed E-state index contributed by atoms with van der Waals surface area (Å²) in [5.41, 5.74) is 0. The number of hydrogen-bond acceptors (Lipinski definition) is 6. The lowest BCUT2D eigenvalue weighted by atomic mass is 10.1. The molecule has 0 radical (unpaired) electrons. The zero-order valence-electron chi connectivity index (χ0n) is 54.2. The molecule has 0 aliphatic carbocycles. The summed E-state index contributed by atoms with van der Waals surface area (Å²) >= 11 is 0. The van der Waals surface area contributed by atoms with Gasteiger partial charge in [0.25, 0.3) is 0 Å². The fourth-order valence-electron chi connectivity index (χ4n) is 9.43. The van der Waals surface area contributed by atoms with Crippen LogP contribution in [0.25, 0.3) is 0 Å². The van der Waals surface area contributed by atoms with Crippen LogP contribution < -0.4 is 0 Å². The standard InChI is InChI=1S/C77H128O6/c1-4-7-10-13-16-19-22-25-27-29-31-32-33-34-35-36-37-38-39-40-41-42-43-44-46-47-49-52-55-58-61-64-67-70-76(79)82-73-74(72-81-75(78)69-66-63-60-57-54-51-24-21-18-15-12-9-6-3)83-77(80)71-68-65-62-59-56-53-50-48-45-30-28-26-23-20-17-14-11-8-5-2/h7,10,16,19,21,24-28,31-32,34-35,37-38,40-41,43-44,47,49,74H,4-6,8-9,11-15,17-18,20,22-23,29-30,33,36,39,42,45-46,48,50-73H2,1-3H3/b10-7-,19-16-,24-21-,27-25-,28-26-,32-31-,35-34-,38-37-,41-40-,44-43-,49-47-. The minimum atomic E-state index is -0.795. The van der Waals surface area contributed by atoms with Crippen molar-refractivity contribution in [1.29, 1.82) is 0 Å². The normalized spacial score (nSPS) is 13.0. The molecular formula is C77H128O6. The maximum absolute atomic E-state index is 12.9. The van der Waals surface area contributed by atoms with E-state index in [9.17, 15) is 14.4 Å². The van der Waals surface area contributed by atoms with Crippen molar-refractivity contribution in [2.75, 3.05) is 13.2 Å². The molecule has 6 heteroatoms. The number of hydrogen-bond donors (Lipinski definition) is 0. The third kappa shape index (κ3) is 68.2. The zero-order chi connectivity index (χ0) is 59.9. The van der Waals surface area contributed by atoms with Crippen LogP contribution >= 0.6 is 0 Å². The minimum absolute atomic E-state index is 0.0908. The predicted molar refractivity (Wildman–Crippen MR) is 362 cm³/mol. The lowest BCUT2D eigenvalue weighted by molar-refractivity contribution is -0.167. The van der Waals surface area contributed by atoms with Crippen molar-refractivity contribution < 1.29 is 28.6 Å². The Bertz CT molecular complexity index is 1750. The van der Waals surface area contributed by atoms with Crippen LogP contribution in [0.1, 0.15) is 316 Å². The van der Waals surface area contributed by atoms with Gasteiger partial charge in [-0.1, -0.05) is 289 Å². The molecule has 0 spiro atoms. The molecule has 83 heavy (non-hydrogen) atoms. The predicted octanol–water partition coefficient (Wildman–Crippen LogP) is 24.1. The Labute approximate surface area is 513 Å². The maximum Gasteiger partial charge on any atom is 0.306 e. The first-order valence-corrected chi connectivity index (χ1v) is 34.7. The van der Waals surface area contributed by atoms with Gasteiger partial charge in [-0.15, -0.1) is 0 Å². The van der Waals surface area contributed by atoms with Gasteiger partial charge in [-0.2, -0.15) is 0 Å². The molecule has 1 atom stereocenters. The molecule has 0 bridgehead atoms. The van der Waals surface area contributed by atoms with Crippen LogP contribution in [0, 0.1) is 0 Å². The van der Waals surface area contributed by atoms with E-state index < -0.39 is 6.10 Å². The molecule has 0 aromatic heterocycles. The molecule has 0 amide bonds. The van der Waals surface area contributed by atoms with Crippen molar-refractivity contribution in [2.24, 2.45) is 0 Å². The van der Waals surface area contributed by atoms with E-state index in [1.54, 1.807) is 0 Å². The molecule has 0 heterocycles. The molecule has 0 aliphatic rings. The van der Waals surface area contributed by atoms with Crippen molar-refractivity contribution in [3.05, 3.63) is 134 Å². The van der Waals surface area contributed by atoms with Crippen LogP contribution in [-0.4, -0.2) is 37.2 Å². The second-order valence-corrected chi connectivity index (χ2v) is 22.7. The molecule has 0 N–H and O–H groups in total. The highest BCUT2D eigenvalue weighted by Crippen LogP contribution is 2.16. The molecule has 472 valence electrons. The van der Waals surface area contributed by atoms with E-state index in [4.69, 9.17) is 14.2 Å². The lowest BCUT2D eigenvalue weighted by Crippen LogP contribution is -2.30. The summed E-state index contributed by atoms with van der Waals surface area (Å²) < 4.78 is 16.9. The SMILES string of the molecule is CC/C=C\C/C=C\C/C=C\C/C=C\C/C=C\C/C=C\C/C=C\C/C=C\C/C=C\CCCCCCCC(=O)OCC(COC(=O)CCCCCCC/C=C\CCCCCC)OC(=O)CCCCCCCCCCC/C=C\CCCCCCCC. The number of unbranched alkanes of at least 4 members (excludes halogenated alkanes) is 29. The Kier molecular flexibility index (Phi) is 66.3. The fraction of sp³-hybridized carbons (Fsp3) is 0.675. The molecule has 1 unspecified atom stereocenters. The molecule has 0 aliphatic heterocycles.